The fraction of sp³-hybridized carbons (Fsp3) is 0.500. The minimum Gasteiger partial charge on any atom is -0.450 e. The van der Waals surface area contributed by atoms with Crippen LogP contribution < -0.4 is 10.2 Å². The molecule has 23 heavy (non-hydrogen) atoms. The second-order valence-electron chi connectivity index (χ2n) is 5.46. The SMILES string of the molecule is CCOC(=O)NC(=O)CN1CCN(c2cc(Cl)ccc2C)CC1. The van der Waals surface area contributed by atoms with Crippen molar-refractivity contribution in [3.8, 4) is 0 Å². The molecule has 126 valence electrons. The van der Waals surface area contributed by atoms with Gasteiger partial charge in [0.1, 0.15) is 0 Å². The molecule has 0 atom stereocenters. The van der Waals surface area contributed by atoms with Crippen LogP contribution >= 0.6 is 11.6 Å². The molecule has 1 aliphatic heterocycles. The van der Waals surface area contributed by atoms with Gasteiger partial charge in [-0.1, -0.05) is 17.7 Å². The Morgan fingerprint density at radius 2 is 1.96 bits per heavy atom. The van der Waals surface area contributed by atoms with Crippen LogP contribution in [0.2, 0.25) is 5.02 Å². The van der Waals surface area contributed by atoms with Crippen molar-refractivity contribution in [2.75, 3.05) is 44.2 Å². The highest BCUT2D eigenvalue weighted by atomic mass is 35.5. The standard InChI is InChI=1S/C16H22ClN3O3/c1-3-23-16(22)18-15(21)11-19-6-8-20(9-7-19)14-10-13(17)5-4-12(14)2/h4-5,10H,3,6-9,11H2,1-2H3,(H,18,21,22). The van der Waals surface area contributed by atoms with E-state index in [1.54, 1.807) is 6.92 Å². The number of rotatable bonds is 4. The molecule has 0 bridgehead atoms. The van der Waals surface area contributed by atoms with Crippen LogP contribution in [0.3, 0.4) is 0 Å². The van der Waals surface area contributed by atoms with E-state index in [1.165, 1.54) is 5.56 Å². The molecule has 1 heterocycles. The number of alkyl carbamates (subject to hydrolysis) is 1. The average molecular weight is 340 g/mol. The number of hydrogen-bond acceptors (Lipinski definition) is 5. The Morgan fingerprint density at radius 1 is 1.26 bits per heavy atom. The lowest BCUT2D eigenvalue weighted by Gasteiger charge is -2.36. The quantitative estimate of drug-likeness (QED) is 0.909. The van der Waals surface area contributed by atoms with Crippen molar-refractivity contribution in [3.63, 3.8) is 0 Å². The molecule has 0 aromatic heterocycles. The van der Waals surface area contributed by atoms with Crippen molar-refractivity contribution >= 4 is 29.3 Å². The van der Waals surface area contributed by atoms with Crippen molar-refractivity contribution in [3.05, 3.63) is 28.8 Å². The van der Waals surface area contributed by atoms with Crippen LogP contribution in [0.15, 0.2) is 18.2 Å². The van der Waals surface area contributed by atoms with Crippen molar-refractivity contribution in [2.45, 2.75) is 13.8 Å². The van der Waals surface area contributed by atoms with Gasteiger partial charge in [0.2, 0.25) is 5.91 Å². The Bertz CT molecular complexity index is 572. The molecule has 1 saturated heterocycles. The van der Waals surface area contributed by atoms with Crippen molar-refractivity contribution < 1.29 is 14.3 Å². The zero-order valence-electron chi connectivity index (χ0n) is 13.5. The van der Waals surface area contributed by atoms with Gasteiger partial charge in [0.15, 0.2) is 0 Å². The van der Waals surface area contributed by atoms with Gasteiger partial charge in [0, 0.05) is 36.9 Å². The summed E-state index contributed by atoms with van der Waals surface area (Å²) < 4.78 is 4.69. The lowest BCUT2D eigenvalue weighted by Crippen LogP contribution is -2.50. The molecule has 1 N–H and O–H groups in total. The molecular formula is C16H22ClN3O3. The summed E-state index contributed by atoms with van der Waals surface area (Å²) in [7, 11) is 0. The van der Waals surface area contributed by atoms with E-state index in [0.29, 0.717) is 0 Å². The number of halogens is 1. The molecular weight excluding hydrogens is 318 g/mol. The zero-order chi connectivity index (χ0) is 16.8. The van der Waals surface area contributed by atoms with Gasteiger partial charge >= 0.3 is 6.09 Å². The highest BCUT2D eigenvalue weighted by Crippen LogP contribution is 2.25. The Balaban J connectivity index is 1.83. The zero-order valence-corrected chi connectivity index (χ0v) is 14.2. The highest BCUT2D eigenvalue weighted by Gasteiger charge is 2.21. The molecule has 1 aliphatic rings. The first-order valence-electron chi connectivity index (χ1n) is 7.69. The maximum atomic E-state index is 11.8. The third-order valence-electron chi connectivity index (χ3n) is 3.77. The second kappa shape index (κ2) is 8.17. The van der Waals surface area contributed by atoms with E-state index < -0.39 is 6.09 Å². The van der Waals surface area contributed by atoms with E-state index in [0.717, 1.165) is 36.9 Å². The Kier molecular flexibility index (Phi) is 6.24. The van der Waals surface area contributed by atoms with Gasteiger partial charge in [-0.3, -0.25) is 15.0 Å². The number of piperazine rings is 1. The molecule has 1 aromatic rings. The first-order chi connectivity index (χ1) is 11.0. The van der Waals surface area contributed by atoms with Crippen LogP contribution in [0.5, 0.6) is 0 Å². The third kappa shape index (κ3) is 5.11. The number of amides is 2. The third-order valence-corrected chi connectivity index (χ3v) is 4.00. The fourth-order valence-electron chi connectivity index (χ4n) is 2.59. The van der Waals surface area contributed by atoms with Gasteiger partial charge in [-0.2, -0.15) is 0 Å². The molecule has 1 aromatic carbocycles. The number of ether oxygens (including phenoxy) is 1. The van der Waals surface area contributed by atoms with Crippen LogP contribution in [0, 0.1) is 6.92 Å². The van der Waals surface area contributed by atoms with Gasteiger partial charge in [-0.05, 0) is 31.5 Å². The number of carbonyl (C=O) groups excluding carboxylic acids is 2. The van der Waals surface area contributed by atoms with Gasteiger partial charge in [-0.15, -0.1) is 0 Å². The van der Waals surface area contributed by atoms with Crippen LogP contribution in [0.1, 0.15) is 12.5 Å². The molecule has 2 rings (SSSR count). The number of hydrogen-bond donors (Lipinski definition) is 1. The first-order valence-corrected chi connectivity index (χ1v) is 8.07. The smallest absolute Gasteiger partial charge is 0.413 e. The van der Waals surface area contributed by atoms with Crippen molar-refractivity contribution in [2.24, 2.45) is 0 Å². The Hall–Kier alpha value is -1.79. The molecule has 1 fully saturated rings. The van der Waals surface area contributed by atoms with Crippen LogP contribution in [0.4, 0.5) is 10.5 Å². The molecule has 0 spiro atoms. The second-order valence-corrected chi connectivity index (χ2v) is 5.90. The summed E-state index contributed by atoms with van der Waals surface area (Å²) in [5.41, 5.74) is 2.32. The van der Waals surface area contributed by atoms with E-state index in [4.69, 9.17) is 16.3 Å². The minimum absolute atomic E-state index is 0.196. The van der Waals surface area contributed by atoms with Gasteiger partial charge < -0.3 is 9.64 Å². The molecule has 7 heteroatoms. The minimum atomic E-state index is -0.689. The topological polar surface area (TPSA) is 61.9 Å². The summed E-state index contributed by atoms with van der Waals surface area (Å²) in [5, 5.41) is 2.94. The van der Waals surface area contributed by atoms with Crippen LogP contribution in [-0.2, 0) is 9.53 Å². The maximum absolute atomic E-state index is 11.8. The van der Waals surface area contributed by atoms with E-state index in [2.05, 4.69) is 17.1 Å². The van der Waals surface area contributed by atoms with Crippen molar-refractivity contribution in [1.29, 1.82) is 0 Å². The van der Waals surface area contributed by atoms with E-state index >= 15 is 0 Å². The summed E-state index contributed by atoms with van der Waals surface area (Å²) in [5.74, 6) is -0.337. The summed E-state index contributed by atoms with van der Waals surface area (Å²) in [6.45, 7) is 7.33. The summed E-state index contributed by atoms with van der Waals surface area (Å²) in [6, 6.07) is 5.87. The summed E-state index contributed by atoms with van der Waals surface area (Å²) in [6.07, 6.45) is -0.689. The van der Waals surface area contributed by atoms with E-state index in [9.17, 15) is 9.59 Å². The van der Waals surface area contributed by atoms with Gasteiger partial charge in [0.25, 0.3) is 0 Å². The molecule has 0 saturated carbocycles. The lowest BCUT2D eigenvalue weighted by molar-refractivity contribution is -0.121. The number of nitrogens with one attached hydrogen (secondary N) is 1. The van der Waals surface area contributed by atoms with Crippen LogP contribution in [-0.4, -0.2) is 56.2 Å². The van der Waals surface area contributed by atoms with E-state index in [1.807, 2.05) is 23.1 Å². The highest BCUT2D eigenvalue weighted by molar-refractivity contribution is 6.30. The predicted octanol–water partition coefficient (Wildman–Crippen LogP) is 2.04. The number of benzene rings is 1. The largest absolute Gasteiger partial charge is 0.450 e. The monoisotopic (exact) mass is 339 g/mol. The Labute approximate surface area is 141 Å². The number of anilines is 1. The molecule has 0 unspecified atom stereocenters. The fourth-order valence-corrected chi connectivity index (χ4v) is 2.76. The first kappa shape index (κ1) is 17.6. The summed E-state index contributed by atoms with van der Waals surface area (Å²) in [4.78, 5) is 27.3. The van der Waals surface area contributed by atoms with Gasteiger partial charge in [-0.25, -0.2) is 4.79 Å². The predicted molar refractivity (Wildman–Crippen MR) is 90.0 cm³/mol. The average Bonchev–Trinajstić information content (AvgIpc) is 2.50. The van der Waals surface area contributed by atoms with E-state index in [-0.39, 0.29) is 19.1 Å². The maximum Gasteiger partial charge on any atom is 0.413 e. The molecule has 0 radical (unpaired) electrons. The number of aryl methyl sites for hydroxylation is 1. The number of imide groups is 1. The lowest BCUT2D eigenvalue weighted by atomic mass is 10.1. The molecule has 0 aliphatic carbocycles. The number of carbonyl (C=O) groups is 2. The normalized spacial score (nSPS) is 15.3. The van der Waals surface area contributed by atoms with Crippen LogP contribution in [0.25, 0.3) is 0 Å². The summed E-state index contributed by atoms with van der Waals surface area (Å²) >= 11 is 6.07. The van der Waals surface area contributed by atoms with Gasteiger partial charge in [0.05, 0.1) is 13.2 Å². The van der Waals surface area contributed by atoms with Crippen molar-refractivity contribution in [1.82, 2.24) is 10.2 Å². The molecule has 6 nitrogen and oxygen atoms in total. The molecule has 2 amide bonds. The Morgan fingerprint density at radius 3 is 2.61 bits per heavy atom. The number of nitrogens with zero attached hydrogens (tertiary/aromatic N) is 2.